The Bertz CT molecular complexity index is 794. The molecular formula is C23H27NO2. The smallest absolute Gasteiger partial charge is 0.0994 e. The molecule has 0 bridgehead atoms. The van der Waals surface area contributed by atoms with Crippen molar-refractivity contribution >= 4 is 0 Å². The number of rotatable bonds is 4. The van der Waals surface area contributed by atoms with E-state index in [2.05, 4.69) is 43.3 Å². The summed E-state index contributed by atoms with van der Waals surface area (Å²) in [6.45, 7) is 6.17. The molecule has 0 saturated carbocycles. The van der Waals surface area contributed by atoms with Crippen LogP contribution in [-0.4, -0.2) is 17.3 Å². The predicted molar refractivity (Wildman–Crippen MR) is 103 cm³/mol. The molecule has 1 aliphatic rings. The molecule has 3 heteroatoms. The van der Waals surface area contributed by atoms with Crippen molar-refractivity contribution in [3.8, 4) is 6.07 Å². The SMILES string of the molecule is CCc1ccc(Cc2cc(C3CC(O)CC(C)O3)c(C)cc2C#N)cc1. The molecule has 0 aromatic heterocycles. The molecule has 3 atom stereocenters. The van der Waals surface area contributed by atoms with Gasteiger partial charge in [0.25, 0.3) is 0 Å². The number of benzene rings is 2. The van der Waals surface area contributed by atoms with Crippen molar-refractivity contribution in [2.24, 2.45) is 0 Å². The molecule has 1 fully saturated rings. The molecule has 1 heterocycles. The van der Waals surface area contributed by atoms with Gasteiger partial charge in [0.15, 0.2) is 0 Å². The zero-order chi connectivity index (χ0) is 18.7. The van der Waals surface area contributed by atoms with E-state index in [1.54, 1.807) is 0 Å². The van der Waals surface area contributed by atoms with E-state index >= 15 is 0 Å². The largest absolute Gasteiger partial charge is 0.393 e. The van der Waals surface area contributed by atoms with Crippen molar-refractivity contribution in [2.75, 3.05) is 0 Å². The van der Waals surface area contributed by atoms with Crippen molar-refractivity contribution in [2.45, 2.75) is 64.8 Å². The average molecular weight is 349 g/mol. The van der Waals surface area contributed by atoms with Crippen LogP contribution in [0, 0.1) is 18.3 Å². The number of hydrogen-bond donors (Lipinski definition) is 1. The number of aliphatic hydroxyl groups excluding tert-OH is 1. The van der Waals surface area contributed by atoms with Crippen LogP contribution in [0.5, 0.6) is 0 Å². The van der Waals surface area contributed by atoms with Gasteiger partial charge in [-0.15, -0.1) is 0 Å². The maximum atomic E-state index is 10.1. The lowest BCUT2D eigenvalue weighted by atomic mass is 9.89. The topological polar surface area (TPSA) is 53.2 Å². The van der Waals surface area contributed by atoms with Gasteiger partial charge in [0.1, 0.15) is 0 Å². The van der Waals surface area contributed by atoms with Gasteiger partial charge in [0.2, 0.25) is 0 Å². The van der Waals surface area contributed by atoms with E-state index in [0.29, 0.717) is 12.8 Å². The highest BCUT2D eigenvalue weighted by Gasteiger charge is 2.28. The van der Waals surface area contributed by atoms with Gasteiger partial charge >= 0.3 is 0 Å². The van der Waals surface area contributed by atoms with E-state index < -0.39 is 0 Å². The molecule has 2 aromatic carbocycles. The molecule has 0 spiro atoms. The fraction of sp³-hybridized carbons (Fsp3) is 0.435. The zero-order valence-electron chi connectivity index (χ0n) is 15.8. The van der Waals surface area contributed by atoms with Gasteiger partial charge in [-0.25, -0.2) is 0 Å². The van der Waals surface area contributed by atoms with Crippen LogP contribution in [0.15, 0.2) is 36.4 Å². The monoisotopic (exact) mass is 349 g/mol. The Morgan fingerprint density at radius 1 is 1.15 bits per heavy atom. The second-order valence-corrected chi connectivity index (χ2v) is 7.39. The van der Waals surface area contributed by atoms with Gasteiger partial charge in [-0.3, -0.25) is 0 Å². The molecule has 0 radical (unpaired) electrons. The van der Waals surface area contributed by atoms with Gasteiger partial charge < -0.3 is 9.84 Å². The molecule has 26 heavy (non-hydrogen) atoms. The molecule has 1 N–H and O–H groups in total. The van der Waals surface area contributed by atoms with E-state index in [-0.39, 0.29) is 18.3 Å². The Balaban J connectivity index is 1.92. The Labute approximate surface area is 156 Å². The Morgan fingerprint density at radius 3 is 2.46 bits per heavy atom. The minimum atomic E-state index is -0.330. The van der Waals surface area contributed by atoms with Gasteiger partial charge in [0.05, 0.1) is 29.9 Å². The number of hydrogen-bond acceptors (Lipinski definition) is 3. The molecule has 1 aliphatic heterocycles. The maximum absolute atomic E-state index is 10.1. The standard InChI is InChI=1S/C23H27NO2/c1-4-17-5-7-18(8-6-17)11-19-12-22(15(2)9-20(19)14-24)23-13-21(25)10-16(3)26-23/h5-9,12,16,21,23,25H,4,10-11,13H2,1-3H3. The second-order valence-electron chi connectivity index (χ2n) is 7.39. The molecule has 3 rings (SSSR count). The highest BCUT2D eigenvalue weighted by Crippen LogP contribution is 2.34. The number of ether oxygens (including phenoxy) is 1. The lowest BCUT2D eigenvalue weighted by Gasteiger charge is -2.32. The molecule has 3 unspecified atom stereocenters. The summed E-state index contributed by atoms with van der Waals surface area (Å²) in [5.41, 5.74) is 6.40. The number of nitrogens with zero attached hydrogens (tertiary/aromatic N) is 1. The summed E-state index contributed by atoms with van der Waals surface area (Å²) >= 11 is 0. The Kier molecular flexibility index (Phi) is 5.76. The Hall–Kier alpha value is -2.15. The zero-order valence-corrected chi connectivity index (χ0v) is 15.8. The molecular weight excluding hydrogens is 322 g/mol. The number of nitriles is 1. The van der Waals surface area contributed by atoms with Crippen molar-refractivity contribution in [3.63, 3.8) is 0 Å². The molecule has 1 saturated heterocycles. The first-order valence-corrected chi connectivity index (χ1v) is 9.45. The third-order valence-electron chi connectivity index (χ3n) is 5.27. The third-order valence-corrected chi connectivity index (χ3v) is 5.27. The normalized spacial score (nSPS) is 22.8. The van der Waals surface area contributed by atoms with Gasteiger partial charge in [0, 0.05) is 6.42 Å². The quantitative estimate of drug-likeness (QED) is 0.876. The van der Waals surface area contributed by atoms with Crippen LogP contribution < -0.4 is 0 Å². The number of aryl methyl sites for hydroxylation is 2. The van der Waals surface area contributed by atoms with Crippen molar-refractivity contribution < 1.29 is 9.84 Å². The highest BCUT2D eigenvalue weighted by atomic mass is 16.5. The summed E-state index contributed by atoms with van der Waals surface area (Å²) in [6.07, 6.45) is 2.66. The van der Waals surface area contributed by atoms with Crippen LogP contribution in [0.1, 0.15) is 66.2 Å². The van der Waals surface area contributed by atoms with Gasteiger partial charge in [-0.05, 0) is 67.0 Å². The minimum Gasteiger partial charge on any atom is -0.393 e. The molecule has 0 amide bonds. The summed E-state index contributed by atoms with van der Waals surface area (Å²) in [6, 6.07) is 15.0. The fourth-order valence-corrected chi connectivity index (χ4v) is 3.80. The maximum Gasteiger partial charge on any atom is 0.0994 e. The fourth-order valence-electron chi connectivity index (χ4n) is 3.80. The summed E-state index contributed by atoms with van der Waals surface area (Å²) in [4.78, 5) is 0. The molecule has 136 valence electrons. The molecule has 0 aliphatic carbocycles. The number of aliphatic hydroxyl groups is 1. The van der Waals surface area contributed by atoms with E-state index in [1.807, 2.05) is 19.9 Å². The summed E-state index contributed by atoms with van der Waals surface area (Å²) < 4.78 is 6.09. The van der Waals surface area contributed by atoms with E-state index in [1.165, 1.54) is 11.1 Å². The summed E-state index contributed by atoms with van der Waals surface area (Å²) in [5.74, 6) is 0. The predicted octanol–water partition coefficient (Wildman–Crippen LogP) is 4.62. The van der Waals surface area contributed by atoms with E-state index in [4.69, 9.17) is 4.74 Å². The first-order valence-electron chi connectivity index (χ1n) is 9.45. The third kappa shape index (κ3) is 4.15. The molecule has 3 nitrogen and oxygen atoms in total. The Morgan fingerprint density at radius 2 is 1.85 bits per heavy atom. The lowest BCUT2D eigenvalue weighted by Crippen LogP contribution is -2.29. The first kappa shape index (κ1) is 18.6. The molecule has 2 aromatic rings. The van der Waals surface area contributed by atoms with Crippen LogP contribution in [0.3, 0.4) is 0 Å². The summed E-state index contributed by atoms with van der Waals surface area (Å²) in [7, 11) is 0. The van der Waals surface area contributed by atoms with Crippen molar-refractivity contribution in [3.05, 3.63) is 69.8 Å². The van der Waals surface area contributed by atoms with Crippen LogP contribution in [0.4, 0.5) is 0 Å². The minimum absolute atomic E-state index is 0.0452. The van der Waals surface area contributed by atoms with Gasteiger partial charge in [-0.1, -0.05) is 37.3 Å². The second kappa shape index (κ2) is 8.03. The van der Waals surface area contributed by atoms with Crippen LogP contribution in [0.25, 0.3) is 0 Å². The van der Waals surface area contributed by atoms with Crippen LogP contribution >= 0.6 is 0 Å². The summed E-state index contributed by atoms with van der Waals surface area (Å²) in [5, 5.41) is 19.7. The van der Waals surface area contributed by atoms with Crippen LogP contribution in [-0.2, 0) is 17.6 Å². The first-order chi connectivity index (χ1) is 12.5. The van der Waals surface area contributed by atoms with Crippen molar-refractivity contribution in [1.82, 2.24) is 0 Å². The van der Waals surface area contributed by atoms with E-state index in [9.17, 15) is 10.4 Å². The van der Waals surface area contributed by atoms with Gasteiger partial charge in [-0.2, -0.15) is 5.26 Å². The van der Waals surface area contributed by atoms with Crippen LogP contribution in [0.2, 0.25) is 0 Å². The lowest BCUT2D eigenvalue weighted by molar-refractivity contribution is -0.0897. The average Bonchev–Trinajstić information content (AvgIpc) is 2.62. The highest BCUT2D eigenvalue weighted by molar-refractivity contribution is 5.47. The van der Waals surface area contributed by atoms with E-state index in [0.717, 1.165) is 35.1 Å². The van der Waals surface area contributed by atoms with Crippen molar-refractivity contribution in [1.29, 1.82) is 5.26 Å².